The second kappa shape index (κ2) is 8.50. The Bertz CT molecular complexity index is 533. The van der Waals surface area contributed by atoms with Crippen molar-refractivity contribution in [2.24, 2.45) is 5.92 Å². The maximum Gasteiger partial charge on any atom is 0.254 e. The molecule has 0 radical (unpaired) electrons. The molecular formula is C17H23IN2O2. The molecule has 1 aliphatic rings. The standard InChI is InChI=1S/C17H23IN2O2/c1-2-3-10-19-16(21)13-7-6-11-20(12-13)17(22)14-8-4-5-9-15(14)18/h4-5,8-9,13H,2-3,6-7,10-12H2,1H3,(H,19,21). The highest BCUT2D eigenvalue weighted by molar-refractivity contribution is 14.1. The summed E-state index contributed by atoms with van der Waals surface area (Å²) >= 11 is 2.19. The number of likely N-dealkylation sites (tertiary alicyclic amines) is 1. The molecule has 1 saturated heterocycles. The van der Waals surface area contributed by atoms with Crippen molar-refractivity contribution in [3.63, 3.8) is 0 Å². The first-order chi connectivity index (χ1) is 10.6. The molecule has 1 atom stereocenters. The third kappa shape index (κ3) is 4.44. The number of nitrogens with one attached hydrogen (secondary N) is 1. The number of halogens is 1. The quantitative estimate of drug-likeness (QED) is 0.595. The minimum atomic E-state index is -0.0732. The van der Waals surface area contributed by atoms with Gasteiger partial charge in [0, 0.05) is 23.2 Å². The molecule has 0 spiro atoms. The van der Waals surface area contributed by atoms with Gasteiger partial charge in [0.15, 0.2) is 0 Å². The Labute approximate surface area is 145 Å². The zero-order chi connectivity index (χ0) is 15.9. The Morgan fingerprint density at radius 1 is 1.36 bits per heavy atom. The third-order valence-corrected chi connectivity index (χ3v) is 4.95. The van der Waals surface area contributed by atoms with Gasteiger partial charge in [0.1, 0.15) is 0 Å². The van der Waals surface area contributed by atoms with Gasteiger partial charge >= 0.3 is 0 Å². The lowest BCUT2D eigenvalue weighted by atomic mass is 9.96. The largest absolute Gasteiger partial charge is 0.356 e. The number of hydrogen-bond donors (Lipinski definition) is 1. The number of carbonyl (C=O) groups excluding carboxylic acids is 2. The Morgan fingerprint density at radius 2 is 2.14 bits per heavy atom. The van der Waals surface area contributed by atoms with Crippen LogP contribution >= 0.6 is 22.6 Å². The molecule has 22 heavy (non-hydrogen) atoms. The highest BCUT2D eigenvalue weighted by atomic mass is 127. The molecule has 1 unspecified atom stereocenters. The molecule has 1 aromatic carbocycles. The van der Waals surface area contributed by atoms with Crippen molar-refractivity contribution in [2.45, 2.75) is 32.6 Å². The van der Waals surface area contributed by atoms with Crippen molar-refractivity contribution < 1.29 is 9.59 Å². The molecule has 1 N–H and O–H groups in total. The van der Waals surface area contributed by atoms with Crippen LogP contribution in [0, 0.1) is 9.49 Å². The number of hydrogen-bond acceptors (Lipinski definition) is 2. The normalized spacial score (nSPS) is 18.1. The van der Waals surface area contributed by atoms with E-state index in [9.17, 15) is 9.59 Å². The molecule has 2 rings (SSSR count). The van der Waals surface area contributed by atoms with Crippen molar-refractivity contribution in [1.82, 2.24) is 10.2 Å². The first-order valence-electron chi connectivity index (χ1n) is 7.95. The zero-order valence-electron chi connectivity index (χ0n) is 13.0. The van der Waals surface area contributed by atoms with Gasteiger partial charge in [-0.1, -0.05) is 25.5 Å². The first-order valence-corrected chi connectivity index (χ1v) is 9.03. The molecule has 0 bridgehead atoms. The molecule has 1 heterocycles. The molecular weight excluding hydrogens is 391 g/mol. The average Bonchev–Trinajstić information content (AvgIpc) is 2.55. The van der Waals surface area contributed by atoms with Crippen LogP contribution in [0.4, 0.5) is 0 Å². The fraction of sp³-hybridized carbons (Fsp3) is 0.529. The van der Waals surface area contributed by atoms with E-state index < -0.39 is 0 Å². The summed E-state index contributed by atoms with van der Waals surface area (Å²) in [6.07, 6.45) is 3.83. The predicted molar refractivity (Wildman–Crippen MR) is 95.7 cm³/mol. The smallest absolute Gasteiger partial charge is 0.254 e. The second-order valence-electron chi connectivity index (χ2n) is 5.71. The van der Waals surface area contributed by atoms with Gasteiger partial charge in [-0.05, 0) is 54.0 Å². The van der Waals surface area contributed by atoms with Crippen LogP contribution in [0.5, 0.6) is 0 Å². The van der Waals surface area contributed by atoms with E-state index in [1.54, 1.807) is 0 Å². The van der Waals surface area contributed by atoms with E-state index >= 15 is 0 Å². The number of unbranched alkanes of at least 4 members (excludes halogenated alkanes) is 1. The summed E-state index contributed by atoms with van der Waals surface area (Å²) in [5.41, 5.74) is 0.732. The molecule has 1 aromatic rings. The SMILES string of the molecule is CCCCNC(=O)C1CCCN(C(=O)c2ccccc2I)C1. The Hall–Kier alpha value is -1.11. The van der Waals surface area contributed by atoms with Gasteiger partial charge in [-0.2, -0.15) is 0 Å². The summed E-state index contributed by atoms with van der Waals surface area (Å²) in [4.78, 5) is 26.7. The topological polar surface area (TPSA) is 49.4 Å². The van der Waals surface area contributed by atoms with Crippen LogP contribution in [-0.2, 0) is 4.79 Å². The van der Waals surface area contributed by atoms with Crippen molar-refractivity contribution >= 4 is 34.4 Å². The van der Waals surface area contributed by atoms with E-state index in [-0.39, 0.29) is 17.7 Å². The van der Waals surface area contributed by atoms with Crippen molar-refractivity contribution in [1.29, 1.82) is 0 Å². The Morgan fingerprint density at radius 3 is 2.86 bits per heavy atom. The molecule has 120 valence electrons. The van der Waals surface area contributed by atoms with Gasteiger partial charge in [-0.15, -0.1) is 0 Å². The van der Waals surface area contributed by atoms with Gasteiger partial charge in [-0.25, -0.2) is 0 Å². The maximum absolute atomic E-state index is 12.6. The Kier molecular flexibility index (Phi) is 6.67. The molecule has 0 aromatic heterocycles. The summed E-state index contributed by atoms with van der Waals surface area (Å²) < 4.78 is 0.958. The lowest BCUT2D eigenvalue weighted by Crippen LogP contribution is -2.45. The summed E-state index contributed by atoms with van der Waals surface area (Å²) in [5, 5.41) is 2.99. The van der Waals surface area contributed by atoms with E-state index in [1.807, 2.05) is 29.2 Å². The van der Waals surface area contributed by atoms with Crippen LogP contribution in [0.2, 0.25) is 0 Å². The number of piperidine rings is 1. The number of rotatable bonds is 5. The molecule has 4 nitrogen and oxygen atoms in total. The summed E-state index contributed by atoms with van der Waals surface area (Å²) in [7, 11) is 0. The summed E-state index contributed by atoms with van der Waals surface area (Å²) in [5.74, 6) is 0.0562. The van der Waals surface area contributed by atoms with Crippen molar-refractivity contribution in [3.05, 3.63) is 33.4 Å². The predicted octanol–water partition coefficient (Wildman–Crippen LogP) is 3.06. The fourth-order valence-electron chi connectivity index (χ4n) is 2.71. The molecule has 0 aliphatic carbocycles. The van der Waals surface area contributed by atoms with Crippen LogP contribution in [-0.4, -0.2) is 36.3 Å². The van der Waals surface area contributed by atoms with Crippen LogP contribution in [0.25, 0.3) is 0 Å². The lowest BCUT2D eigenvalue weighted by molar-refractivity contribution is -0.126. The summed E-state index contributed by atoms with van der Waals surface area (Å²) in [6, 6.07) is 7.61. The van der Waals surface area contributed by atoms with Crippen LogP contribution in [0.1, 0.15) is 43.0 Å². The highest BCUT2D eigenvalue weighted by Crippen LogP contribution is 2.21. The highest BCUT2D eigenvalue weighted by Gasteiger charge is 2.29. The van der Waals surface area contributed by atoms with Crippen molar-refractivity contribution in [2.75, 3.05) is 19.6 Å². The monoisotopic (exact) mass is 414 g/mol. The molecule has 1 aliphatic heterocycles. The van der Waals surface area contributed by atoms with E-state index in [4.69, 9.17) is 0 Å². The van der Waals surface area contributed by atoms with Crippen LogP contribution in [0.3, 0.4) is 0 Å². The van der Waals surface area contributed by atoms with E-state index in [1.165, 1.54) is 0 Å². The fourth-order valence-corrected chi connectivity index (χ4v) is 3.33. The average molecular weight is 414 g/mol. The molecule has 5 heteroatoms. The molecule has 2 amide bonds. The van der Waals surface area contributed by atoms with Gasteiger partial charge in [0.2, 0.25) is 5.91 Å². The molecule has 0 saturated carbocycles. The summed E-state index contributed by atoms with van der Waals surface area (Å²) in [6.45, 7) is 4.11. The minimum Gasteiger partial charge on any atom is -0.356 e. The zero-order valence-corrected chi connectivity index (χ0v) is 15.1. The molecule has 1 fully saturated rings. The van der Waals surface area contributed by atoms with E-state index in [2.05, 4.69) is 34.8 Å². The van der Waals surface area contributed by atoms with Gasteiger partial charge < -0.3 is 10.2 Å². The number of nitrogens with zero attached hydrogens (tertiary/aromatic N) is 1. The maximum atomic E-state index is 12.6. The van der Waals surface area contributed by atoms with E-state index in [0.717, 1.165) is 47.9 Å². The van der Waals surface area contributed by atoms with Crippen molar-refractivity contribution in [3.8, 4) is 0 Å². The van der Waals surface area contributed by atoms with E-state index in [0.29, 0.717) is 6.54 Å². The number of amides is 2. The minimum absolute atomic E-state index is 0.0380. The lowest BCUT2D eigenvalue weighted by Gasteiger charge is -2.32. The first kappa shape index (κ1) is 17.2. The van der Waals surface area contributed by atoms with Gasteiger partial charge in [0.25, 0.3) is 5.91 Å². The second-order valence-corrected chi connectivity index (χ2v) is 6.88. The van der Waals surface area contributed by atoms with Crippen LogP contribution < -0.4 is 5.32 Å². The van der Waals surface area contributed by atoms with Crippen LogP contribution in [0.15, 0.2) is 24.3 Å². The number of carbonyl (C=O) groups is 2. The third-order valence-electron chi connectivity index (χ3n) is 4.01. The number of benzene rings is 1. The van der Waals surface area contributed by atoms with Gasteiger partial charge in [0.05, 0.1) is 11.5 Å². The van der Waals surface area contributed by atoms with Gasteiger partial charge in [-0.3, -0.25) is 9.59 Å². The Balaban J connectivity index is 1.97.